The summed E-state index contributed by atoms with van der Waals surface area (Å²) in [5.74, 6) is 0.00343. The Balaban J connectivity index is 1.85. The number of rotatable bonds is 14. The van der Waals surface area contributed by atoms with Gasteiger partial charge >= 0.3 is 0 Å². The quantitative estimate of drug-likeness (QED) is 0.195. The van der Waals surface area contributed by atoms with Crippen LogP contribution in [0.2, 0.25) is 0 Å². The molecule has 0 N–H and O–H groups in total. The van der Waals surface area contributed by atoms with E-state index in [1.54, 1.807) is 0 Å². The number of unbranched alkanes of at least 4 members (excludes halogenated alkanes) is 8. The summed E-state index contributed by atoms with van der Waals surface area (Å²) < 4.78 is 0. The number of hydrogen-bond acceptors (Lipinski definition) is 2. The standard InChI is InChI=1S/C26H36OS/c1-2-3-4-5-6-7-8-9-16-21-24(28)25(22-17-12-10-13-18-22)26(27)23-19-14-11-15-20-23/h10-15,17-20,24-25,28H,2-9,16,21H2,1H3. The molecule has 0 amide bonds. The summed E-state index contributed by atoms with van der Waals surface area (Å²) in [5.41, 5.74) is 1.86. The van der Waals surface area contributed by atoms with Crippen molar-refractivity contribution in [1.29, 1.82) is 0 Å². The SMILES string of the molecule is CCCCCCCCCCCC(S)C(C(=O)c1ccccc1)c1ccccc1. The van der Waals surface area contributed by atoms with Crippen LogP contribution in [0.15, 0.2) is 60.7 Å². The summed E-state index contributed by atoms with van der Waals surface area (Å²) >= 11 is 4.89. The maximum atomic E-state index is 13.2. The van der Waals surface area contributed by atoms with Gasteiger partial charge in [0.25, 0.3) is 0 Å². The smallest absolute Gasteiger partial charge is 0.171 e. The molecule has 2 atom stereocenters. The molecule has 0 bridgehead atoms. The molecule has 2 aromatic carbocycles. The van der Waals surface area contributed by atoms with Crippen LogP contribution in [0.1, 0.15) is 93.0 Å². The molecule has 28 heavy (non-hydrogen) atoms. The first-order valence-corrected chi connectivity index (χ1v) is 11.6. The van der Waals surface area contributed by atoms with E-state index in [4.69, 9.17) is 12.6 Å². The van der Waals surface area contributed by atoms with Gasteiger partial charge in [-0.25, -0.2) is 0 Å². The molecule has 2 aromatic rings. The zero-order valence-electron chi connectivity index (χ0n) is 17.4. The first kappa shape index (κ1) is 22.7. The van der Waals surface area contributed by atoms with Gasteiger partial charge in [-0.15, -0.1) is 0 Å². The Labute approximate surface area is 177 Å². The highest BCUT2D eigenvalue weighted by molar-refractivity contribution is 7.81. The molecule has 0 radical (unpaired) electrons. The Bertz CT molecular complexity index is 653. The summed E-state index contributed by atoms with van der Waals surface area (Å²) in [4.78, 5) is 13.2. The fourth-order valence-corrected chi connectivity index (χ4v) is 4.31. The monoisotopic (exact) mass is 396 g/mol. The molecule has 0 fully saturated rings. The van der Waals surface area contributed by atoms with Crippen LogP contribution in [-0.2, 0) is 0 Å². The summed E-state index contributed by atoms with van der Waals surface area (Å²) in [5, 5.41) is 0.0552. The van der Waals surface area contributed by atoms with Crippen molar-refractivity contribution in [2.75, 3.05) is 0 Å². The number of carbonyl (C=O) groups excluding carboxylic acids is 1. The molecule has 2 rings (SSSR count). The van der Waals surface area contributed by atoms with Crippen LogP contribution in [0.25, 0.3) is 0 Å². The van der Waals surface area contributed by atoms with Gasteiger partial charge in [0.1, 0.15) is 0 Å². The maximum absolute atomic E-state index is 13.2. The van der Waals surface area contributed by atoms with Crippen molar-refractivity contribution < 1.29 is 4.79 Å². The van der Waals surface area contributed by atoms with Gasteiger partial charge in [-0.3, -0.25) is 4.79 Å². The minimum absolute atomic E-state index is 0.0552. The topological polar surface area (TPSA) is 17.1 Å². The molecule has 0 spiro atoms. The van der Waals surface area contributed by atoms with Gasteiger partial charge in [0.2, 0.25) is 0 Å². The maximum Gasteiger partial charge on any atom is 0.171 e. The predicted octanol–water partition coefficient (Wildman–Crippen LogP) is 7.87. The first-order valence-electron chi connectivity index (χ1n) is 11.1. The zero-order chi connectivity index (χ0) is 20.0. The molecule has 0 saturated heterocycles. The number of carbonyl (C=O) groups is 1. The second-order valence-electron chi connectivity index (χ2n) is 7.80. The molecule has 0 aliphatic rings. The van der Waals surface area contributed by atoms with Gasteiger partial charge in [-0.2, -0.15) is 12.6 Å². The minimum Gasteiger partial charge on any atom is -0.293 e. The zero-order valence-corrected chi connectivity index (χ0v) is 18.2. The third kappa shape index (κ3) is 7.83. The molecular formula is C26H36OS. The van der Waals surface area contributed by atoms with Gasteiger partial charge < -0.3 is 0 Å². The Kier molecular flexibility index (Phi) is 11.1. The first-order chi connectivity index (χ1) is 13.7. The number of Topliss-reactive ketones (excluding diaryl/α,β-unsaturated/α-hetero) is 1. The lowest BCUT2D eigenvalue weighted by Crippen LogP contribution is -2.23. The van der Waals surface area contributed by atoms with E-state index in [1.807, 2.05) is 48.5 Å². The van der Waals surface area contributed by atoms with Crippen LogP contribution < -0.4 is 0 Å². The van der Waals surface area contributed by atoms with E-state index in [1.165, 1.54) is 51.4 Å². The van der Waals surface area contributed by atoms with E-state index in [-0.39, 0.29) is 17.0 Å². The largest absolute Gasteiger partial charge is 0.293 e. The van der Waals surface area contributed by atoms with Gasteiger partial charge in [0, 0.05) is 10.8 Å². The predicted molar refractivity (Wildman–Crippen MR) is 125 cm³/mol. The normalized spacial score (nSPS) is 13.2. The van der Waals surface area contributed by atoms with E-state index in [0.717, 1.165) is 24.0 Å². The van der Waals surface area contributed by atoms with Crippen molar-refractivity contribution in [1.82, 2.24) is 0 Å². The van der Waals surface area contributed by atoms with Crippen molar-refractivity contribution in [2.24, 2.45) is 0 Å². The Morgan fingerprint density at radius 2 is 1.25 bits per heavy atom. The van der Waals surface area contributed by atoms with E-state index in [0.29, 0.717) is 0 Å². The Hall–Kier alpha value is -1.54. The van der Waals surface area contributed by atoms with Crippen LogP contribution in [-0.4, -0.2) is 11.0 Å². The molecule has 2 heteroatoms. The average molecular weight is 397 g/mol. The molecule has 0 saturated carbocycles. The molecule has 2 unspecified atom stereocenters. The molecule has 0 aromatic heterocycles. The van der Waals surface area contributed by atoms with Gasteiger partial charge in [-0.05, 0) is 12.0 Å². The van der Waals surface area contributed by atoms with Crippen molar-refractivity contribution in [3.05, 3.63) is 71.8 Å². The van der Waals surface area contributed by atoms with Crippen molar-refractivity contribution >= 4 is 18.4 Å². The van der Waals surface area contributed by atoms with E-state index in [9.17, 15) is 4.79 Å². The molecule has 0 aliphatic carbocycles. The van der Waals surface area contributed by atoms with Crippen LogP contribution >= 0.6 is 12.6 Å². The lowest BCUT2D eigenvalue weighted by Gasteiger charge is -2.23. The minimum atomic E-state index is -0.180. The number of thiol groups is 1. The second-order valence-corrected chi connectivity index (χ2v) is 8.47. The number of hydrogen-bond donors (Lipinski definition) is 1. The average Bonchev–Trinajstić information content (AvgIpc) is 2.74. The van der Waals surface area contributed by atoms with Gasteiger partial charge in [0.15, 0.2) is 5.78 Å². The molecule has 152 valence electrons. The molecular weight excluding hydrogens is 360 g/mol. The van der Waals surface area contributed by atoms with Gasteiger partial charge in [-0.1, -0.05) is 125 Å². The lowest BCUT2D eigenvalue weighted by molar-refractivity contribution is 0.0956. The second kappa shape index (κ2) is 13.6. The van der Waals surface area contributed by atoms with Crippen LogP contribution in [0, 0.1) is 0 Å². The summed E-state index contributed by atoms with van der Waals surface area (Å²) in [6.07, 6.45) is 12.8. The fraction of sp³-hybridized carbons (Fsp3) is 0.500. The van der Waals surface area contributed by atoms with Crippen molar-refractivity contribution in [3.8, 4) is 0 Å². The van der Waals surface area contributed by atoms with Crippen molar-refractivity contribution in [2.45, 2.75) is 82.3 Å². The Morgan fingerprint density at radius 1 is 0.750 bits per heavy atom. The lowest BCUT2D eigenvalue weighted by atomic mass is 9.86. The van der Waals surface area contributed by atoms with Crippen LogP contribution in [0.4, 0.5) is 0 Å². The van der Waals surface area contributed by atoms with Crippen LogP contribution in [0.3, 0.4) is 0 Å². The number of benzene rings is 2. The molecule has 0 heterocycles. The highest BCUT2D eigenvalue weighted by atomic mass is 32.1. The fourth-order valence-electron chi connectivity index (χ4n) is 3.82. The Morgan fingerprint density at radius 3 is 1.82 bits per heavy atom. The van der Waals surface area contributed by atoms with E-state index in [2.05, 4.69) is 19.1 Å². The van der Waals surface area contributed by atoms with Crippen molar-refractivity contribution in [3.63, 3.8) is 0 Å². The summed E-state index contributed by atoms with van der Waals surface area (Å²) in [7, 11) is 0. The van der Waals surface area contributed by atoms with Gasteiger partial charge in [0.05, 0.1) is 5.92 Å². The number of ketones is 1. The molecule has 1 nitrogen and oxygen atoms in total. The van der Waals surface area contributed by atoms with E-state index < -0.39 is 0 Å². The highest BCUT2D eigenvalue weighted by Crippen LogP contribution is 2.31. The summed E-state index contributed by atoms with van der Waals surface area (Å²) in [6, 6.07) is 19.8. The third-order valence-electron chi connectivity index (χ3n) is 5.49. The highest BCUT2D eigenvalue weighted by Gasteiger charge is 2.28. The van der Waals surface area contributed by atoms with Crippen LogP contribution in [0.5, 0.6) is 0 Å². The third-order valence-corrected chi connectivity index (χ3v) is 6.04. The van der Waals surface area contributed by atoms with E-state index >= 15 is 0 Å². The molecule has 0 aliphatic heterocycles. The summed E-state index contributed by atoms with van der Waals surface area (Å²) in [6.45, 7) is 2.26.